The lowest BCUT2D eigenvalue weighted by atomic mass is 10.00. The molecule has 2 atom stereocenters. The smallest absolute Gasteiger partial charge is 0.316 e. The molecule has 0 spiro atoms. The highest BCUT2D eigenvalue weighted by Gasteiger charge is 2.18. The maximum absolute atomic E-state index is 12.5. The van der Waals surface area contributed by atoms with Gasteiger partial charge in [0.2, 0.25) is 0 Å². The Hall–Kier alpha value is -3.21. The van der Waals surface area contributed by atoms with Crippen LogP contribution >= 0.6 is 0 Å². The second kappa shape index (κ2) is 8.06. The highest BCUT2D eigenvalue weighted by molar-refractivity contribution is 5.75. The van der Waals surface area contributed by atoms with E-state index in [2.05, 4.69) is 20.6 Å². The first-order chi connectivity index (χ1) is 12.2. The van der Waals surface area contributed by atoms with Crippen LogP contribution < -0.4 is 10.6 Å². The van der Waals surface area contributed by atoms with Crippen molar-refractivity contribution < 1.29 is 4.79 Å². The third kappa shape index (κ3) is 4.41. The molecule has 25 heavy (non-hydrogen) atoms. The second-order valence-electron chi connectivity index (χ2n) is 5.72. The van der Waals surface area contributed by atoms with E-state index < -0.39 is 0 Å². The second-order valence-corrected chi connectivity index (χ2v) is 5.72. The van der Waals surface area contributed by atoms with Crippen LogP contribution in [-0.4, -0.2) is 16.0 Å². The van der Waals surface area contributed by atoms with E-state index in [1.54, 1.807) is 18.6 Å². The van der Waals surface area contributed by atoms with Gasteiger partial charge in [0.1, 0.15) is 0 Å². The number of amides is 2. The Kier molecular flexibility index (Phi) is 5.36. The van der Waals surface area contributed by atoms with Gasteiger partial charge < -0.3 is 10.6 Å². The van der Waals surface area contributed by atoms with Crippen molar-refractivity contribution in [1.82, 2.24) is 20.6 Å². The number of carbonyl (C=O) groups excluding carboxylic acids is 1. The Balaban J connectivity index is 1.75. The molecule has 2 amide bonds. The molecule has 0 fully saturated rings. The van der Waals surface area contributed by atoms with E-state index >= 15 is 0 Å². The van der Waals surface area contributed by atoms with Crippen molar-refractivity contribution in [2.75, 3.05) is 0 Å². The van der Waals surface area contributed by atoms with Crippen LogP contribution in [0, 0.1) is 0 Å². The number of nitrogens with one attached hydrogen (secondary N) is 2. The number of rotatable bonds is 5. The van der Waals surface area contributed by atoms with Crippen molar-refractivity contribution in [2.24, 2.45) is 0 Å². The summed E-state index contributed by atoms with van der Waals surface area (Å²) in [5.41, 5.74) is 2.80. The van der Waals surface area contributed by atoms with Crippen molar-refractivity contribution >= 4 is 6.03 Å². The predicted molar refractivity (Wildman–Crippen MR) is 96.8 cm³/mol. The molecule has 0 bridgehead atoms. The average molecular weight is 332 g/mol. The molecule has 0 aliphatic carbocycles. The molecule has 0 saturated heterocycles. The third-order valence-corrected chi connectivity index (χ3v) is 3.93. The van der Waals surface area contributed by atoms with Crippen LogP contribution in [-0.2, 0) is 0 Å². The van der Waals surface area contributed by atoms with Gasteiger partial charge in [0, 0.05) is 18.6 Å². The Morgan fingerprint density at radius 1 is 0.840 bits per heavy atom. The van der Waals surface area contributed by atoms with Gasteiger partial charge in [-0.1, -0.05) is 36.4 Å². The zero-order valence-corrected chi connectivity index (χ0v) is 14.0. The number of pyridine rings is 2. The van der Waals surface area contributed by atoms with Gasteiger partial charge in [-0.25, -0.2) is 4.79 Å². The van der Waals surface area contributed by atoms with Crippen LogP contribution in [0.2, 0.25) is 0 Å². The lowest BCUT2D eigenvalue weighted by molar-refractivity contribution is 0.235. The lowest BCUT2D eigenvalue weighted by Crippen LogP contribution is -2.39. The van der Waals surface area contributed by atoms with E-state index in [1.807, 2.05) is 67.6 Å². The van der Waals surface area contributed by atoms with Crippen molar-refractivity contribution in [2.45, 2.75) is 19.0 Å². The summed E-state index contributed by atoms with van der Waals surface area (Å²) in [7, 11) is 0. The molecule has 5 heteroatoms. The van der Waals surface area contributed by atoms with Crippen LogP contribution in [0.4, 0.5) is 4.79 Å². The molecular formula is C20H20N4O. The van der Waals surface area contributed by atoms with Gasteiger partial charge in [0.25, 0.3) is 0 Å². The summed E-state index contributed by atoms with van der Waals surface area (Å²) in [6, 6.07) is 18.6. The van der Waals surface area contributed by atoms with E-state index in [0.29, 0.717) is 0 Å². The van der Waals surface area contributed by atoms with Gasteiger partial charge in [-0.15, -0.1) is 0 Å². The molecule has 0 aliphatic rings. The summed E-state index contributed by atoms with van der Waals surface area (Å²) in [6.07, 6.45) is 5.16. The number of benzene rings is 1. The molecule has 2 heterocycles. The molecule has 0 unspecified atom stereocenters. The van der Waals surface area contributed by atoms with Crippen LogP contribution in [0.5, 0.6) is 0 Å². The number of hydrogen-bond acceptors (Lipinski definition) is 3. The fourth-order valence-corrected chi connectivity index (χ4v) is 2.64. The van der Waals surface area contributed by atoms with E-state index in [0.717, 1.165) is 16.8 Å². The first-order valence-corrected chi connectivity index (χ1v) is 8.17. The molecule has 2 aromatic heterocycles. The minimum absolute atomic E-state index is 0.185. The quantitative estimate of drug-likeness (QED) is 0.750. The van der Waals surface area contributed by atoms with E-state index in [4.69, 9.17) is 0 Å². The maximum atomic E-state index is 12.5. The lowest BCUT2D eigenvalue weighted by Gasteiger charge is -2.21. The molecule has 0 saturated carbocycles. The average Bonchev–Trinajstić information content (AvgIpc) is 2.68. The SMILES string of the molecule is C[C@H](NC(=O)N[C@H](c1ccccc1)c1ccncc1)c1ccccn1. The normalized spacial score (nSPS) is 12.8. The van der Waals surface area contributed by atoms with E-state index in [1.165, 1.54) is 0 Å². The van der Waals surface area contributed by atoms with Gasteiger partial charge in [-0.05, 0) is 42.3 Å². The van der Waals surface area contributed by atoms with Crippen molar-refractivity contribution in [1.29, 1.82) is 0 Å². The van der Waals surface area contributed by atoms with Gasteiger partial charge in [0.15, 0.2) is 0 Å². The highest BCUT2D eigenvalue weighted by atomic mass is 16.2. The van der Waals surface area contributed by atoms with Crippen molar-refractivity contribution in [3.05, 3.63) is 96.1 Å². The Labute approximate surface area is 147 Å². The van der Waals surface area contributed by atoms with Crippen LogP contribution in [0.3, 0.4) is 0 Å². The number of carbonyl (C=O) groups is 1. The zero-order chi connectivity index (χ0) is 17.5. The number of aromatic nitrogens is 2. The molecule has 126 valence electrons. The first-order valence-electron chi connectivity index (χ1n) is 8.17. The van der Waals surface area contributed by atoms with Crippen LogP contribution in [0.15, 0.2) is 79.3 Å². The number of urea groups is 1. The highest BCUT2D eigenvalue weighted by Crippen LogP contribution is 2.21. The molecule has 0 radical (unpaired) electrons. The molecule has 3 aromatic rings. The van der Waals surface area contributed by atoms with Crippen molar-refractivity contribution in [3.8, 4) is 0 Å². The standard InChI is InChI=1S/C20H20N4O/c1-15(18-9-5-6-12-22-18)23-20(25)24-19(16-7-3-2-4-8-16)17-10-13-21-14-11-17/h2-15,19H,1H3,(H2,23,24,25)/t15-,19+/m0/s1. The summed E-state index contributed by atoms with van der Waals surface area (Å²) in [6.45, 7) is 1.91. The third-order valence-electron chi connectivity index (χ3n) is 3.93. The molecule has 0 aliphatic heterocycles. The Morgan fingerprint density at radius 3 is 2.20 bits per heavy atom. The molecular weight excluding hydrogens is 312 g/mol. The van der Waals surface area contributed by atoms with Crippen LogP contribution in [0.25, 0.3) is 0 Å². The summed E-state index contributed by atoms with van der Waals surface area (Å²) in [5, 5.41) is 5.98. The summed E-state index contributed by atoms with van der Waals surface area (Å²) in [5.74, 6) is 0. The van der Waals surface area contributed by atoms with Gasteiger partial charge in [0.05, 0.1) is 17.8 Å². The van der Waals surface area contributed by atoms with Gasteiger partial charge >= 0.3 is 6.03 Å². The fraction of sp³-hybridized carbons (Fsp3) is 0.150. The van der Waals surface area contributed by atoms with Crippen LogP contribution in [0.1, 0.15) is 35.8 Å². The van der Waals surface area contributed by atoms with Gasteiger partial charge in [-0.3, -0.25) is 9.97 Å². The Morgan fingerprint density at radius 2 is 1.52 bits per heavy atom. The monoisotopic (exact) mass is 332 g/mol. The van der Waals surface area contributed by atoms with Gasteiger partial charge in [-0.2, -0.15) is 0 Å². The molecule has 1 aromatic carbocycles. The fourth-order valence-electron chi connectivity index (χ4n) is 2.64. The summed E-state index contributed by atoms with van der Waals surface area (Å²) in [4.78, 5) is 20.8. The topological polar surface area (TPSA) is 66.9 Å². The maximum Gasteiger partial charge on any atom is 0.316 e. The minimum Gasteiger partial charge on any atom is -0.330 e. The largest absolute Gasteiger partial charge is 0.330 e. The van der Waals surface area contributed by atoms with E-state index in [-0.39, 0.29) is 18.1 Å². The molecule has 5 nitrogen and oxygen atoms in total. The molecule has 2 N–H and O–H groups in total. The first kappa shape index (κ1) is 16.6. The molecule has 3 rings (SSSR count). The summed E-state index contributed by atoms with van der Waals surface area (Å²) < 4.78 is 0. The zero-order valence-electron chi connectivity index (χ0n) is 14.0. The number of nitrogens with zero attached hydrogens (tertiary/aromatic N) is 2. The summed E-state index contributed by atoms with van der Waals surface area (Å²) >= 11 is 0. The van der Waals surface area contributed by atoms with E-state index in [9.17, 15) is 4.79 Å². The predicted octanol–water partition coefficient (Wildman–Crippen LogP) is 3.63. The minimum atomic E-state index is -0.250. The number of hydrogen-bond donors (Lipinski definition) is 2. The Bertz CT molecular complexity index is 754. The van der Waals surface area contributed by atoms with Crippen molar-refractivity contribution in [3.63, 3.8) is 0 Å².